The predicted molar refractivity (Wildman–Crippen MR) is 130 cm³/mol. The van der Waals surface area contributed by atoms with E-state index >= 15 is 0 Å². The van der Waals surface area contributed by atoms with Gasteiger partial charge >= 0.3 is 6.18 Å². The molecule has 1 atom stereocenters. The maximum atomic E-state index is 13.4. The molecule has 10 heteroatoms. The van der Waals surface area contributed by atoms with Crippen molar-refractivity contribution in [1.29, 1.82) is 0 Å². The molecule has 2 aliphatic heterocycles. The fourth-order valence-electron chi connectivity index (χ4n) is 5.72. The Hall–Kier alpha value is -2.90. The van der Waals surface area contributed by atoms with Gasteiger partial charge in [0.25, 0.3) is 5.91 Å². The standard InChI is InChI=1S/C26H31F3N6O/c1-30-23-4-3-21(13-22(23)26(27,28)29)33-24(36)25(8-2-9-25)35-17-20(15-32-35)19-6-11-34(12-7-19)16-18-5-10-31-14-18/h3-4,13,15,17-19,31H,2,5-12,14,16H2,(H,33,36). The zero-order valence-corrected chi connectivity index (χ0v) is 20.2. The number of anilines is 1. The van der Waals surface area contributed by atoms with E-state index in [2.05, 4.69) is 25.5 Å². The van der Waals surface area contributed by atoms with Crippen LogP contribution in [0, 0.1) is 12.5 Å². The van der Waals surface area contributed by atoms with Crippen LogP contribution in [0.15, 0.2) is 30.6 Å². The van der Waals surface area contributed by atoms with Crippen LogP contribution in [0.5, 0.6) is 0 Å². The van der Waals surface area contributed by atoms with Crippen LogP contribution in [-0.4, -0.2) is 53.3 Å². The SMILES string of the molecule is [C-]#[N+]c1ccc(NC(=O)C2(n3cc(C4CCN(CC5CCNC5)CC4)cn3)CCC2)cc1C(F)(F)F. The molecule has 2 aromatic rings. The van der Waals surface area contributed by atoms with Crippen molar-refractivity contribution in [2.75, 3.05) is 38.0 Å². The third kappa shape index (κ3) is 4.87. The van der Waals surface area contributed by atoms with Gasteiger partial charge < -0.3 is 15.5 Å². The van der Waals surface area contributed by atoms with Crippen LogP contribution < -0.4 is 10.6 Å². The van der Waals surface area contributed by atoms with Gasteiger partial charge in [-0.15, -0.1) is 0 Å². The topological polar surface area (TPSA) is 66.6 Å². The highest BCUT2D eigenvalue weighted by molar-refractivity contribution is 5.97. The molecule has 1 unspecified atom stereocenters. The average molecular weight is 501 g/mol. The fourth-order valence-corrected chi connectivity index (χ4v) is 5.72. The van der Waals surface area contributed by atoms with Crippen molar-refractivity contribution < 1.29 is 18.0 Å². The Labute approximate surface area is 208 Å². The first kappa shape index (κ1) is 24.8. The van der Waals surface area contributed by atoms with Crippen LogP contribution in [0.4, 0.5) is 24.5 Å². The van der Waals surface area contributed by atoms with E-state index in [4.69, 9.17) is 6.57 Å². The summed E-state index contributed by atoms with van der Waals surface area (Å²) in [5.41, 5.74) is -1.28. The first-order valence-corrected chi connectivity index (χ1v) is 12.7. The summed E-state index contributed by atoms with van der Waals surface area (Å²) < 4.78 is 41.8. The minimum atomic E-state index is -4.67. The van der Waals surface area contributed by atoms with Gasteiger partial charge in [0.1, 0.15) is 5.54 Å². The third-order valence-electron chi connectivity index (χ3n) is 8.06. The van der Waals surface area contributed by atoms with E-state index in [0.29, 0.717) is 18.8 Å². The van der Waals surface area contributed by atoms with E-state index in [1.54, 1.807) is 4.68 Å². The van der Waals surface area contributed by atoms with Gasteiger partial charge in [-0.25, -0.2) is 4.85 Å². The average Bonchev–Trinajstić information content (AvgIpc) is 3.51. The number of carbonyl (C=O) groups excluding carboxylic acids is 1. The molecule has 7 nitrogen and oxygen atoms in total. The summed E-state index contributed by atoms with van der Waals surface area (Å²) in [6, 6.07) is 3.28. The molecule has 1 aromatic heterocycles. The normalized spacial score (nSPS) is 22.7. The van der Waals surface area contributed by atoms with Crippen molar-refractivity contribution in [2.45, 2.75) is 56.2 Å². The van der Waals surface area contributed by atoms with Crippen LogP contribution in [-0.2, 0) is 16.5 Å². The molecule has 2 saturated heterocycles. The van der Waals surface area contributed by atoms with Crippen molar-refractivity contribution in [3.63, 3.8) is 0 Å². The monoisotopic (exact) mass is 500 g/mol. The predicted octanol–water partition coefficient (Wildman–Crippen LogP) is 4.76. The molecule has 5 rings (SSSR count). The first-order chi connectivity index (χ1) is 17.3. The summed E-state index contributed by atoms with van der Waals surface area (Å²) in [7, 11) is 0. The molecular formula is C26H31F3N6O. The highest BCUT2D eigenvalue weighted by Gasteiger charge is 2.47. The molecule has 0 radical (unpaired) electrons. The molecule has 1 aliphatic carbocycles. The molecule has 3 fully saturated rings. The molecular weight excluding hydrogens is 469 g/mol. The maximum absolute atomic E-state index is 13.4. The molecule has 192 valence electrons. The lowest BCUT2D eigenvalue weighted by Gasteiger charge is -2.40. The van der Waals surface area contributed by atoms with Gasteiger partial charge in [-0.3, -0.25) is 9.48 Å². The molecule has 3 heterocycles. The van der Waals surface area contributed by atoms with Crippen molar-refractivity contribution in [3.05, 3.63) is 53.1 Å². The lowest BCUT2D eigenvalue weighted by Crippen LogP contribution is -2.51. The Morgan fingerprint density at radius 2 is 2.03 bits per heavy atom. The van der Waals surface area contributed by atoms with Gasteiger partial charge in [0.2, 0.25) is 0 Å². The van der Waals surface area contributed by atoms with Crippen LogP contribution in [0.3, 0.4) is 0 Å². The molecule has 0 spiro atoms. The number of rotatable bonds is 6. The summed E-state index contributed by atoms with van der Waals surface area (Å²) in [4.78, 5) is 18.8. The Morgan fingerprint density at radius 1 is 1.25 bits per heavy atom. The first-order valence-electron chi connectivity index (χ1n) is 12.7. The quantitative estimate of drug-likeness (QED) is 0.562. The summed E-state index contributed by atoms with van der Waals surface area (Å²) in [6.07, 6.45) is 4.51. The number of aromatic nitrogens is 2. The number of piperidine rings is 1. The van der Waals surface area contributed by atoms with Crippen molar-refractivity contribution in [1.82, 2.24) is 20.0 Å². The van der Waals surface area contributed by atoms with Gasteiger partial charge in [0.15, 0.2) is 5.69 Å². The highest BCUT2D eigenvalue weighted by atomic mass is 19.4. The summed E-state index contributed by atoms with van der Waals surface area (Å²) in [5, 5.41) is 10.6. The lowest BCUT2D eigenvalue weighted by molar-refractivity contribution is -0.137. The van der Waals surface area contributed by atoms with Crippen molar-refractivity contribution in [3.8, 4) is 0 Å². The number of carbonyl (C=O) groups is 1. The summed E-state index contributed by atoms with van der Waals surface area (Å²) in [6.45, 7) is 12.5. The molecule has 1 amide bonds. The van der Waals surface area contributed by atoms with E-state index < -0.39 is 23.0 Å². The Morgan fingerprint density at radius 3 is 2.64 bits per heavy atom. The van der Waals surface area contributed by atoms with Gasteiger partial charge in [0, 0.05) is 18.4 Å². The van der Waals surface area contributed by atoms with E-state index in [0.717, 1.165) is 75.6 Å². The zero-order valence-electron chi connectivity index (χ0n) is 20.2. The van der Waals surface area contributed by atoms with E-state index in [-0.39, 0.29) is 11.6 Å². The zero-order chi connectivity index (χ0) is 25.3. The van der Waals surface area contributed by atoms with E-state index in [9.17, 15) is 18.0 Å². The second kappa shape index (κ2) is 9.87. The molecule has 1 aromatic carbocycles. The van der Waals surface area contributed by atoms with Crippen molar-refractivity contribution in [2.24, 2.45) is 5.92 Å². The number of benzene rings is 1. The maximum Gasteiger partial charge on any atom is 0.407 e. The second-order valence-electron chi connectivity index (χ2n) is 10.3. The van der Waals surface area contributed by atoms with Gasteiger partial charge in [-0.1, -0.05) is 6.07 Å². The second-order valence-corrected chi connectivity index (χ2v) is 10.3. The van der Waals surface area contributed by atoms with Gasteiger partial charge in [-0.2, -0.15) is 18.3 Å². The number of nitrogens with zero attached hydrogens (tertiary/aromatic N) is 4. The molecule has 3 aliphatic rings. The number of alkyl halides is 3. The van der Waals surface area contributed by atoms with Gasteiger partial charge in [0.05, 0.1) is 18.3 Å². The Bertz CT molecular complexity index is 1140. The molecule has 1 saturated carbocycles. The lowest BCUT2D eigenvalue weighted by atomic mass is 9.76. The number of halogens is 3. The van der Waals surface area contributed by atoms with Gasteiger partial charge in [-0.05, 0) is 94.2 Å². The Balaban J connectivity index is 1.25. The third-order valence-corrected chi connectivity index (χ3v) is 8.06. The largest absolute Gasteiger partial charge is 0.407 e. The van der Waals surface area contributed by atoms with Crippen LogP contribution in [0.2, 0.25) is 0 Å². The molecule has 36 heavy (non-hydrogen) atoms. The summed E-state index contributed by atoms with van der Waals surface area (Å²) in [5.74, 6) is 0.769. The number of hydrogen-bond acceptors (Lipinski definition) is 4. The van der Waals surface area contributed by atoms with Crippen LogP contribution in [0.1, 0.15) is 55.6 Å². The summed E-state index contributed by atoms with van der Waals surface area (Å²) >= 11 is 0. The van der Waals surface area contributed by atoms with E-state index in [1.165, 1.54) is 12.5 Å². The number of nitrogens with one attached hydrogen (secondary N) is 2. The number of hydrogen-bond donors (Lipinski definition) is 2. The highest BCUT2D eigenvalue weighted by Crippen LogP contribution is 2.42. The number of amides is 1. The van der Waals surface area contributed by atoms with E-state index in [1.807, 2.05) is 12.4 Å². The van der Waals surface area contributed by atoms with Crippen molar-refractivity contribution >= 4 is 17.3 Å². The Kier molecular flexibility index (Phi) is 6.79. The van der Waals surface area contributed by atoms with Crippen LogP contribution >= 0.6 is 0 Å². The fraction of sp³-hybridized carbons (Fsp3) is 0.577. The molecule has 2 N–H and O–H groups in total. The van der Waals surface area contributed by atoms with Crippen LogP contribution in [0.25, 0.3) is 4.85 Å². The molecule has 0 bridgehead atoms. The minimum absolute atomic E-state index is 0.0308. The minimum Gasteiger partial charge on any atom is -0.324 e. The smallest absolute Gasteiger partial charge is 0.324 e. The number of likely N-dealkylation sites (tertiary alicyclic amines) is 1.